The van der Waals surface area contributed by atoms with Crippen molar-refractivity contribution in [2.24, 2.45) is 5.41 Å². The topological polar surface area (TPSA) is 47.6 Å². The third-order valence-corrected chi connectivity index (χ3v) is 3.39. The van der Waals surface area contributed by atoms with Crippen LogP contribution in [0.4, 0.5) is 0 Å². The van der Waals surface area contributed by atoms with Crippen LogP contribution in [0.2, 0.25) is 0 Å². The quantitative estimate of drug-likeness (QED) is 0.871. The smallest absolute Gasteiger partial charge is 0.228 e. The van der Waals surface area contributed by atoms with Gasteiger partial charge in [-0.2, -0.15) is 0 Å². The second-order valence-electron chi connectivity index (χ2n) is 5.74. The minimum Gasteiger partial charge on any atom is -0.496 e. The highest BCUT2D eigenvalue weighted by atomic mass is 16.5. The largest absolute Gasteiger partial charge is 0.496 e. The Labute approximate surface area is 121 Å². The molecule has 1 N–H and O–H groups in total. The van der Waals surface area contributed by atoms with Crippen molar-refractivity contribution >= 4 is 5.91 Å². The highest BCUT2D eigenvalue weighted by Gasteiger charge is 2.28. The molecule has 0 aliphatic carbocycles. The van der Waals surface area contributed by atoms with Gasteiger partial charge in [0.2, 0.25) is 5.91 Å². The Morgan fingerprint density at radius 3 is 2.50 bits per heavy atom. The van der Waals surface area contributed by atoms with Crippen molar-refractivity contribution in [1.82, 2.24) is 5.32 Å². The van der Waals surface area contributed by atoms with Crippen molar-refractivity contribution in [2.45, 2.75) is 33.7 Å². The summed E-state index contributed by atoms with van der Waals surface area (Å²) in [6.07, 6.45) is 0. The van der Waals surface area contributed by atoms with E-state index in [0.717, 1.165) is 16.9 Å². The van der Waals surface area contributed by atoms with Gasteiger partial charge in [-0.15, -0.1) is 0 Å². The number of methoxy groups -OCH3 is 2. The van der Waals surface area contributed by atoms with E-state index in [2.05, 4.69) is 5.32 Å². The number of ether oxygens (including phenoxy) is 2. The molecule has 0 saturated heterocycles. The summed E-state index contributed by atoms with van der Waals surface area (Å²) in [6.45, 7) is 8.11. The number of amides is 1. The van der Waals surface area contributed by atoms with Gasteiger partial charge in [0.15, 0.2) is 0 Å². The van der Waals surface area contributed by atoms with E-state index in [1.54, 1.807) is 14.2 Å². The zero-order chi connectivity index (χ0) is 15.3. The van der Waals surface area contributed by atoms with Crippen LogP contribution in [0.25, 0.3) is 0 Å². The molecule has 0 heterocycles. The summed E-state index contributed by atoms with van der Waals surface area (Å²) in [5, 5.41) is 3.03. The Hall–Kier alpha value is -1.55. The fourth-order valence-corrected chi connectivity index (χ4v) is 2.07. The van der Waals surface area contributed by atoms with Crippen molar-refractivity contribution in [1.29, 1.82) is 0 Å². The van der Waals surface area contributed by atoms with Gasteiger partial charge in [0, 0.05) is 7.11 Å². The van der Waals surface area contributed by atoms with Gasteiger partial charge in [0.05, 0.1) is 25.2 Å². The van der Waals surface area contributed by atoms with Gasteiger partial charge < -0.3 is 14.8 Å². The molecule has 1 atom stereocenters. The van der Waals surface area contributed by atoms with Gasteiger partial charge in [0.1, 0.15) is 5.75 Å². The van der Waals surface area contributed by atoms with Crippen LogP contribution >= 0.6 is 0 Å². The van der Waals surface area contributed by atoms with E-state index < -0.39 is 5.41 Å². The fourth-order valence-electron chi connectivity index (χ4n) is 2.07. The fraction of sp³-hybridized carbons (Fsp3) is 0.562. The highest BCUT2D eigenvalue weighted by molar-refractivity contribution is 5.82. The molecule has 0 aliphatic heterocycles. The van der Waals surface area contributed by atoms with Crippen molar-refractivity contribution in [3.8, 4) is 5.75 Å². The summed E-state index contributed by atoms with van der Waals surface area (Å²) in [7, 11) is 3.26. The number of carbonyl (C=O) groups is 1. The standard InChI is InChI=1S/C16H25NO3/c1-11-9-13(7-8-14(11)20-6)12(2)17-15(18)16(3,4)10-19-5/h7-9,12H,10H2,1-6H3,(H,17,18)/t12-/m0/s1. The molecule has 0 radical (unpaired) electrons. The second-order valence-corrected chi connectivity index (χ2v) is 5.74. The van der Waals surface area contributed by atoms with E-state index in [9.17, 15) is 4.79 Å². The number of aryl methyl sites for hydroxylation is 1. The van der Waals surface area contributed by atoms with E-state index in [1.165, 1.54) is 0 Å². The molecule has 4 heteroatoms. The van der Waals surface area contributed by atoms with E-state index in [4.69, 9.17) is 9.47 Å². The van der Waals surface area contributed by atoms with Crippen LogP contribution in [0, 0.1) is 12.3 Å². The van der Waals surface area contributed by atoms with Crippen LogP contribution < -0.4 is 10.1 Å². The molecule has 0 spiro atoms. The average molecular weight is 279 g/mol. The Bertz CT molecular complexity index is 469. The van der Waals surface area contributed by atoms with Gasteiger partial charge in [-0.3, -0.25) is 4.79 Å². The van der Waals surface area contributed by atoms with E-state index in [-0.39, 0.29) is 11.9 Å². The number of carbonyl (C=O) groups excluding carboxylic acids is 1. The lowest BCUT2D eigenvalue weighted by molar-refractivity contribution is -0.132. The molecule has 1 amide bonds. The third-order valence-electron chi connectivity index (χ3n) is 3.39. The monoisotopic (exact) mass is 279 g/mol. The highest BCUT2D eigenvalue weighted by Crippen LogP contribution is 2.24. The van der Waals surface area contributed by atoms with Crippen LogP contribution in [0.1, 0.15) is 37.9 Å². The molecule has 0 aliphatic rings. The third kappa shape index (κ3) is 3.97. The molecule has 0 unspecified atom stereocenters. The predicted octanol–water partition coefficient (Wildman–Crippen LogP) is 2.85. The summed E-state index contributed by atoms with van der Waals surface area (Å²) < 4.78 is 10.3. The van der Waals surface area contributed by atoms with E-state index in [0.29, 0.717) is 6.61 Å². The van der Waals surface area contributed by atoms with Gasteiger partial charge in [-0.1, -0.05) is 12.1 Å². The molecule has 20 heavy (non-hydrogen) atoms. The molecule has 1 aromatic rings. The van der Waals surface area contributed by atoms with E-state index >= 15 is 0 Å². The van der Waals surface area contributed by atoms with Crippen LogP contribution in [0.5, 0.6) is 5.75 Å². The van der Waals surface area contributed by atoms with Crippen LogP contribution in [0.15, 0.2) is 18.2 Å². The minimum absolute atomic E-state index is 0.0136. The first kappa shape index (κ1) is 16.5. The zero-order valence-corrected chi connectivity index (χ0v) is 13.2. The molecule has 0 bridgehead atoms. The van der Waals surface area contributed by atoms with E-state index in [1.807, 2.05) is 45.9 Å². The normalized spacial score (nSPS) is 12.9. The van der Waals surface area contributed by atoms with Crippen LogP contribution in [-0.4, -0.2) is 26.7 Å². The summed E-state index contributed by atoms with van der Waals surface area (Å²) in [6, 6.07) is 5.88. The SMILES string of the molecule is COCC(C)(C)C(=O)N[C@@H](C)c1ccc(OC)c(C)c1. The van der Waals surface area contributed by atoms with Gasteiger partial charge in [-0.25, -0.2) is 0 Å². The second kappa shape index (κ2) is 6.75. The summed E-state index contributed by atoms with van der Waals surface area (Å²) in [4.78, 5) is 12.2. The maximum absolute atomic E-state index is 12.2. The number of hydrogen-bond acceptors (Lipinski definition) is 3. The number of rotatable bonds is 6. The Kier molecular flexibility index (Phi) is 5.57. The minimum atomic E-state index is -0.537. The lowest BCUT2D eigenvalue weighted by atomic mass is 9.92. The molecule has 1 aromatic carbocycles. The van der Waals surface area contributed by atoms with Crippen LogP contribution in [0.3, 0.4) is 0 Å². The molecule has 4 nitrogen and oxygen atoms in total. The summed E-state index contributed by atoms with van der Waals surface area (Å²) in [5.74, 6) is 0.840. The zero-order valence-electron chi connectivity index (χ0n) is 13.2. The molecule has 0 fully saturated rings. The summed E-state index contributed by atoms with van der Waals surface area (Å²) >= 11 is 0. The summed E-state index contributed by atoms with van der Waals surface area (Å²) in [5.41, 5.74) is 1.58. The first-order valence-corrected chi connectivity index (χ1v) is 6.76. The van der Waals surface area contributed by atoms with Gasteiger partial charge in [-0.05, 0) is 44.9 Å². The molecule has 1 rings (SSSR count). The van der Waals surface area contributed by atoms with Crippen LogP contribution in [-0.2, 0) is 9.53 Å². The van der Waals surface area contributed by atoms with Crippen molar-refractivity contribution < 1.29 is 14.3 Å². The average Bonchev–Trinajstić information content (AvgIpc) is 2.38. The lowest BCUT2D eigenvalue weighted by Crippen LogP contribution is -2.40. The van der Waals surface area contributed by atoms with Gasteiger partial charge in [0.25, 0.3) is 0 Å². The first-order valence-electron chi connectivity index (χ1n) is 6.76. The Morgan fingerprint density at radius 2 is 2.00 bits per heavy atom. The van der Waals surface area contributed by atoms with Crippen molar-refractivity contribution in [2.75, 3.05) is 20.8 Å². The molecular weight excluding hydrogens is 254 g/mol. The Morgan fingerprint density at radius 1 is 1.35 bits per heavy atom. The molecule has 112 valence electrons. The number of nitrogens with one attached hydrogen (secondary N) is 1. The maximum Gasteiger partial charge on any atom is 0.228 e. The number of benzene rings is 1. The first-order chi connectivity index (χ1) is 9.31. The maximum atomic E-state index is 12.2. The molecule has 0 saturated carbocycles. The lowest BCUT2D eigenvalue weighted by Gasteiger charge is -2.25. The molecular formula is C16H25NO3. The van der Waals surface area contributed by atoms with Crippen molar-refractivity contribution in [3.63, 3.8) is 0 Å². The van der Waals surface area contributed by atoms with Gasteiger partial charge >= 0.3 is 0 Å². The Balaban J connectivity index is 2.78. The number of hydrogen-bond donors (Lipinski definition) is 1. The molecule has 0 aromatic heterocycles. The predicted molar refractivity (Wildman–Crippen MR) is 79.9 cm³/mol. The van der Waals surface area contributed by atoms with Crippen molar-refractivity contribution in [3.05, 3.63) is 29.3 Å².